The van der Waals surface area contributed by atoms with Gasteiger partial charge in [0.15, 0.2) is 11.8 Å². The van der Waals surface area contributed by atoms with Crippen LogP contribution in [0.3, 0.4) is 0 Å². The summed E-state index contributed by atoms with van der Waals surface area (Å²) in [6.45, 7) is 4.03. The number of aromatic nitrogens is 3. The molecule has 1 aliphatic heterocycles. The Hall–Kier alpha value is -2.91. The van der Waals surface area contributed by atoms with Crippen molar-refractivity contribution in [3.63, 3.8) is 0 Å². The molecule has 2 heterocycles. The van der Waals surface area contributed by atoms with Crippen LogP contribution in [0, 0.1) is 6.92 Å². The minimum Gasteiger partial charge on any atom is -0.435 e. The van der Waals surface area contributed by atoms with Gasteiger partial charge in [0.05, 0.1) is 0 Å². The van der Waals surface area contributed by atoms with E-state index in [1.165, 1.54) is 0 Å². The molecule has 1 aromatic carbocycles. The van der Waals surface area contributed by atoms with Crippen LogP contribution in [0.4, 0.5) is 14.5 Å². The van der Waals surface area contributed by atoms with Gasteiger partial charge in [-0.3, -0.25) is 0 Å². The number of halogens is 2. The van der Waals surface area contributed by atoms with Crippen molar-refractivity contribution in [1.29, 1.82) is 0 Å². The van der Waals surface area contributed by atoms with Crippen LogP contribution in [-0.2, 0) is 13.6 Å². The first-order valence-corrected chi connectivity index (χ1v) is 10.2. The lowest BCUT2D eigenvalue weighted by atomic mass is 10.0. The summed E-state index contributed by atoms with van der Waals surface area (Å²) >= 11 is 0. The number of nitrogens with one attached hydrogen (secondary N) is 2. The van der Waals surface area contributed by atoms with Gasteiger partial charge in [0.2, 0.25) is 0 Å². The number of aliphatic imine (C=N–C) groups is 1. The Labute approximate surface area is 175 Å². The number of aryl methyl sites for hydroxylation is 1. The molecule has 3 rings (SSSR count). The van der Waals surface area contributed by atoms with Gasteiger partial charge in [-0.2, -0.15) is 8.78 Å². The third kappa shape index (κ3) is 5.80. The number of hydrogen-bond donors (Lipinski definition) is 2. The summed E-state index contributed by atoms with van der Waals surface area (Å²) in [7, 11) is 1.93. The molecule has 1 aliphatic rings. The van der Waals surface area contributed by atoms with Gasteiger partial charge in [0, 0.05) is 38.4 Å². The zero-order chi connectivity index (χ0) is 21.5. The summed E-state index contributed by atoms with van der Waals surface area (Å²) in [6.07, 6.45) is 2.05. The van der Waals surface area contributed by atoms with E-state index in [-0.39, 0.29) is 11.8 Å². The van der Waals surface area contributed by atoms with Gasteiger partial charge in [-0.25, -0.2) is 4.99 Å². The Balaban J connectivity index is 1.61. The predicted octanol–water partition coefficient (Wildman–Crippen LogP) is 2.45. The first-order valence-electron chi connectivity index (χ1n) is 10.2. The molecule has 0 saturated carbocycles. The molecule has 0 bridgehead atoms. The molecule has 30 heavy (non-hydrogen) atoms. The monoisotopic (exact) mass is 421 g/mol. The lowest BCUT2D eigenvalue weighted by Crippen LogP contribution is -2.51. The van der Waals surface area contributed by atoms with Crippen molar-refractivity contribution in [3.05, 3.63) is 35.9 Å². The van der Waals surface area contributed by atoms with Crippen molar-refractivity contribution in [2.75, 3.05) is 24.5 Å². The molecular formula is C20H29F2N7O. The molecule has 0 radical (unpaired) electrons. The Bertz CT molecular complexity index is 838. The Morgan fingerprint density at radius 1 is 1.30 bits per heavy atom. The summed E-state index contributed by atoms with van der Waals surface area (Å²) in [5.41, 5.74) is 0.986. The molecule has 1 aromatic heterocycles. The van der Waals surface area contributed by atoms with Crippen molar-refractivity contribution >= 4 is 11.6 Å². The van der Waals surface area contributed by atoms with E-state index in [2.05, 4.69) is 35.5 Å². The third-order valence-electron chi connectivity index (χ3n) is 5.09. The maximum absolute atomic E-state index is 12.3. The normalized spacial score (nSPS) is 17.3. The number of benzene rings is 1. The Morgan fingerprint density at radius 2 is 2.07 bits per heavy atom. The number of hydrogen-bond acceptors (Lipinski definition) is 5. The predicted molar refractivity (Wildman–Crippen MR) is 112 cm³/mol. The van der Waals surface area contributed by atoms with E-state index in [1.807, 2.05) is 37.6 Å². The van der Waals surface area contributed by atoms with Crippen molar-refractivity contribution in [3.8, 4) is 5.75 Å². The molecule has 1 saturated heterocycles. The van der Waals surface area contributed by atoms with Crippen molar-refractivity contribution in [2.24, 2.45) is 12.0 Å². The Morgan fingerprint density at radius 3 is 2.70 bits per heavy atom. The van der Waals surface area contributed by atoms with Crippen LogP contribution in [0.2, 0.25) is 0 Å². The number of anilines is 1. The van der Waals surface area contributed by atoms with Crippen molar-refractivity contribution in [2.45, 2.75) is 45.9 Å². The highest BCUT2D eigenvalue weighted by Gasteiger charge is 2.21. The van der Waals surface area contributed by atoms with Gasteiger partial charge in [-0.1, -0.05) is 0 Å². The van der Waals surface area contributed by atoms with Gasteiger partial charge in [-0.05, 0) is 51.0 Å². The zero-order valence-corrected chi connectivity index (χ0v) is 17.6. The van der Waals surface area contributed by atoms with Crippen molar-refractivity contribution < 1.29 is 13.5 Å². The smallest absolute Gasteiger partial charge is 0.387 e. The summed E-state index contributed by atoms with van der Waals surface area (Å²) < 4.78 is 31.0. The number of ether oxygens (including phenoxy) is 1. The largest absolute Gasteiger partial charge is 0.435 e. The fraction of sp³-hybridized carbons (Fsp3) is 0.550. The minimum atomic E-state index is -2.81. The highest BCUT2D eigenvalue weighted by molar-refractivity contribution is 5.80. The molecular weight excluding hydrogens is 392 g/mol. The van der Waals surface area contributed by atoms with E-state index >= 15 is 0 Å². The van der Waals surface area contributed by atoms with Gasteiger partial charge >= 0.3 is 6.61 Å². The summed E-state index contributed by atoms with van der Waals surface area (Å²) in [5, 5.41) is 15.0. The highest BCUT2D eigenvalue weighted by Crippen LogP contribution is 2.23. The van der Waals surface area contributed by atoms with Gasteiger partial charge in [-0.15, -0.1) is 10.2 Å². The van der Waals surface area contributed by atoms with Gasteiger partial charge in [0.1, 0.15) is 18.1 Å². The third-order valence-corrected chi connectivity index (χ3v) is 5.09. The van der Waals surface area contributed by atoms with Crippen LogP contribution >= 0.6 is 0 Å². The van der Waals surface area contributed by atoms with E-state index in [1.54, 1.807) is 12.1 Å². The molecule has 8 nitrogen and oxygen atoms in total. The summed E-state index contributed by atoms with van der Waals surface area (Å²) in [4.78, 5) is 6.89. The molecule has 10 heteroatoms. The fourth-order valence-electron chi connectivity index (χ4n) is 3.42. The number of nitrogens with zero attached hydrogens (tertiary/aromatic N) is 5. The van der Waals surface area contributed by atoms with E-state index in [0.717, 1.165) is 55.8 Å². The van der Waals surface area contributed by atoms with E-state index in [4.69, 9.17) is 0 Å². The summed E-state index contributed by atoms with van der Waals surface area (Å²) in [6, 6.07) is 7.00. The van der Waals surface area contributed by atoms with Crippen LogP contribution in [0.15, 0.2) is 29.3 Å². The zero-order valence-electron chi connectivity index (χ0n) is 17.6. The molecule has 2 N–H and O–H groups in total. The molecule has 164 valence electrons. The molecule has 2 aromatic rings. The number of guanidine groups is 1. The second kappa shape index (κ2) is 10.2. The number of piperidine rings is 1. The topological polar surface area (TPSA) is 79.6 Å². The SMILES string of the molecule is CCNC(=NCc1nnc(C)n1C)NC1CCCN(c2ccc(OC(F)F)cc2)C1. The fourth-order valence-corrected chi connectivity index (χ4v) is 3.42. The number of rotatable bonds is 7. The Kier molecular flexibility index (Phi) is 7.42. The molecule has 0 amide bonds. The molecule has 0 spiro atoms. The van der Waals surface area contributed by atoms with Crippen LogP contribution in [0.5, 0.6) is 5.75 Å². The van der Waals surface area contributed by atoms with Crippen LogP contribution < -0.4 is 20.3 Å². The van der Waals surface area contributed by atoms with Gasteiger partial charge in [0.25, 0.3) is 0 Å². The number of alkyl halides is 2. The average molecular weight is 421 g/mol. The van der Waals surface area contributed by atoms with E-state index < -0.39 is 6.61 Å². The average Bonchev–Trinajstić information content (AvgIpc) is 3.05. The van der Waals surface area contributed by atoms with Crippen LogP contribution in [0.25, 0.3) is 0 Å². The first-order chi connectivity index (χ1) is 14.5. The molecule has 1 atom stereocenters. The maximum atomic E-state index is 12.3. The summed E-state index contributed by atoms with van der Waals surface area (Å²) in [5.74, 6) is 2.57. The quantitative estimate of drug-likeness (QED) is 0.528. The standard InChI is InChI=1S/C20H29F2N7O/c1-4-23-20(24-12-18-27-26-14(2)28(18)3)25-15-6-5-11-29(13-15)16-7-9-17(10-8-16)30-19(21)22/h7-10,15,19H,4-6,11-13H2,1-3H3,(H2,23,24,25). The second-order valence-corrected chi connectivity index (χ2v) is 7.22. The van der Waals surface area contributed by atoms with Gasteiger partial charge < -0.3 is 24.8 Å². The lowest BCUT2D eigenvalue weighted by Gasteiger charge is -2.35. The molecule has 0 aliphatic carbocycles. The van der Waals surface area contributed by atoms with Crippen molar-refractivity contribution in [1.82, 2.24) is 25.4 Å². The van der Waals surface area contributed by atoms with Crippen LogP contribution in [0.1, 0.15) is 31.4 Å². The van der Waals surface area contributed by atoms with Crippen LogP contribution in [-0.4, -0.2) is 53.0 Å². The molecule has 1 fully saturated rings. The molecule has 1 unspecified atom stereocenters. The van der Waals surface area contributed by atoms with E-state index in [0.29, 0.717) is 6.54 Å². The maximum Gasteiger partial charge on any atom is 0.387 e. The lowest BCUT2D eigenvalue weighted by molar-refractivity contribution is -0.0498. The second-order valence-electron chi connectivity index (χ2n) is 7.22. The highest BCUT2D eigenvalue weighted by atomic mass is 19.3. The van der Waals surface area contributed by atoms with E-state index in [9.17, 15) is 8.78 Å². The minimum absolute atomic E-state index is 0.168. The first kappa shape index (κ1) is 21.8.